The van der Waals surface area contributed by atoms with Crippen LogP contribution in [0.1, 0.15) is 55.9 Å². The van der Waals surface area contributed by atoms with Crippen molar-refractivity contribution in [1.82, 2.24) is 4.90 Å². The Hall–Kier alpha value is -1.43. The van der Waals surface area contributed by atoms with E-state index in [1.54, 1.807) is 0 Å². The molecule has 26 heavy (non-hydrogen) atoms. The van der Waals surface area contributed by atoms with Crippen molar-refractivity contribution >= 4 is 5.97 Å². The molecule has 146 valence electrons. The summed E-state index contributed by atoms with van der Waals surface area (Å²) in [6, 6.07) is 6.23. The second-order valence-corrected chi connectivity index (χ2v) is 7.14. The van der Waals surface area contributed by atoms with Crippen molar-refractivity contribution < 1.29 is 19.4 Å². The van der Waals surface area contributed by atoms with E-state index in [0.29, 0.717) is 32.6 Å². The van der Waals surface area contributed by atoms with Crippen molar-refractivity contribution in [3.05, 3.63) is 34.9 Å². The van der Waals surface area contributed by atoms with Gasteiger partial charge in [0, 0.05) is 13.0 Å². The van der Waals surface area contributed by atoms with Crippen LogP contribution in [0.2, 0.25) is 0 Å². The zero-order chi connectivity index (χ0) is 18.9. The van der Waals surface area contributed by atoms with Gasteiger partial charge in [-0.15, -0.1) is 0 Å². The molecular weight excluding hydrogens is 330 g/mol. The van der Waals surface area contributed by atoms with Crippen LogP contribution in [0.5, 0.6) is 0 Å². The van der Waals surface area contributed by atoms with Crippen LogP contribution in [0, 0.1) is 6.92 Å². The first kappa shape index (κ1) is 20.9. The lowest BCUT2D eigenvalue weighted by atomic mass is 9.97. The summed E-state index contributed by atoms with van der Waals surface area (Å²) in [6.45, 7) is 9.42. The lowest BCUT2D eigenvalue weighted by Gasteiger charge is -2.22. The topological polar surface area (TPSA) is 59.0 Å². The van der Waals surface area contributed by atoms with E-state index in [2.05, 4.69) is 23.1 Å². The number of aryl methyl sites for hydroxylation is 2. The zero-order valence-electron chi connectivity index (χ0n) is 16.4. The van der Waals surface area contributed by atoms with Crippen molar-refractivity contribution in [1.29, 1.82) is 0 Å². The van der Waals surface area contributed by atoms with Crippen molar-refractivity contribution in [2.75, 3.05) is 32.8 Å². The Morgan fingerprint density at radius 1 is 1.31 bits per heavy atom. The van der Waals surface area contributed by atoms with Crippen LogP contribution in [0.25, 0.3) is 0 Å². The van der Waals surface area contributed by atoms with E-state index in [4.69, 9.17) is 9.47 Å². The average Bonchev–Trinajstić information content (AvgIpc) is 3.11. The summed E-state index contributed by atoms with van der Waals surface area (Å²) in [7, 11) is 0. The number of nitrogens with zero attached hydrogens (tertiary/aromatic N) is 1. The van der Waals surface area contributed by atoms with Crippen molar-refractivity contribution in [2.45, 2.75) is 58.7 Å². The van der Waals surface area contributed by atoms with Crippen LogP contribution in [0.15, 0.2) is 18.2 Å². The third-order valence-electron chi connectivity index (χ3n) is 4.85. The molecule has 1 fully saturated rings. The van der Waals surface area contributed by atoms with Crippen LogP contribution < -0.4 is 0 Å². The molecule has 1 aromatic carbocycles. The monoisotopic (exact) mass is 363 g/mol. The van der Waals surface area contributed by atoms with Crippen LogP contribution in [-0.2, 0) is 20.7 Å². The van der Waals surface area contributed by atoms with Gasteiger partial charge in [-0.25, -0.2) is 0 Å². The molecule has 1 aromatic rings. The van der Waals surface area contributed by atoms with Gasteiger partial charge >= 0.3 is 5.97 Å². The highest BCUT2D eigenvalue weighted by molar-refractivity contribution is 5.69. The molecule has 0 amide bonds. The number of hydrogen-bond donors (Lipinski definition) is 1. The highest BCUT2D eigenvalue weighted by atomic mass is 16.5. The SMILES string of the molecule is CCOC(=O)CCc1cc(C)ccc1C(C)OCC(O)CN1CCCC1. The summed E-state index contributed by atoms with van der Waals surface area (Å²) >= 11 is 0. The van der Waals surface area contributed by atoms with Gasteiger partial charge in [-0.05, 0) is 64.3 Å². The third kappa shape index (κ3) is 6.71. The summed E-state index contributed by atoms with van der Waals surface area (Å²) in [6.07, 6.45) is 2.85. The van der Waals surface area contributed by atoms with E-state index in [1.807, 2.05) is 20.8 Å². The fourth-order valence-electron chi connectivity index (χ4n) is 3.48. The number of esters is 1. The highest BCUT2D eigenvalue weighted by Crippen LogP contribution is 2.24. The molecule has 0 bridgehead atoms. The summed E-state index contributed by atoms with van der Waals surface area (Å²) in [5.74, 6) is -0.172. The minimum atomic E-state index is -0.469. The van der Waals surface area contributed by atoms with Crippen molar-refractivity contribution in [2.24, 2.45) is 0 Å². The van der Waals surface area contributed by atoms with E-state index in [0.717, 1.165) is 29.8 Å². The number of ether oxygens (including phenoxy) is 2. The fourth-order valence-corrected chi connectivity index (χ4v) is 3.48. The standard InChI is InChI=1S/C21H33NO4/c1-4-25-21(24)10-8-18-13-16(2)7-9-20(18)17(3)26-15-19(23)14-22-11-5-6-12-22/h7,9,13,17,19,23H,4-6,8,10-12,14-15H2,1-3H3. The van der Waals surface area contributed by atoms with Gasteiger partial charge in [0.05, 0.1) is 25.4 Å². The van der Waals surface area contributed by atoms with Crippen LogP contribution in [-0.4, -0.2) is 54.9 Å². The van der Waals surface area contributed by atoms with Crippen molar-refractivity contribution in [3.8, 4) is 0 Å². The largest absolute Gasteiger partial charge is 0.466 e. The van der Waals surface area contributed by atoms with Gasteiger partial charge < -0.3 is 19.5 Å². The molecular formula is C21H33NO4. The van der Waals surface area contributed by atoms with E-state index >= 15 is 0 Å². The molecule has 5 heteroatoms. The molecule has 1 aliphatic heterocycles. The van der Waals surface area contributed by atoms with Crippen molar-refractivity contribution in [3.63, 3.8) is 0 Å². The van der Waals surface area contributed by atoms with Gasteiger partial charge in [0.2, 0.25) is 0 Å². The predicted molar refractivity (Wildman–Crippen MR) is 102 cm³/mol. The smallest absolute Gasteiger partial charge is 0.306 e. The molecule has 2 rings (SSSR count). The first-order valence-corrected chi connectivity index (χ1v) is 9.76. The normalized spacial score (nSPS) is 17.2. The first-order chi connectivity index (χ1) is 12.5. The number of carbonyl (C=O) groups is 1. The minimum absolute atomic E-state index is 0.124. The average molecular weight is 363 g/mol. The maximum absolute atomic E-state index is 11.7. The van der Waals surface area contributed by atoms with Gasteiger partial charge in [-0.1, -0.05) is 23.8 Å². The molecule has 0 saturated carbocycles. The molecule has 2 atom stereocenters. The Morgan fingerprint density at radius 2 is 2.04 bits per heavy atom. The first-order valence-electron chi connectivity index (χ1n) is 9.76. The van der Waals surface area contributed by atoms with Gasteiger partial charge in [-0.3, -0.25) is 4.79 Å². The molecule has 1 aliphatic rings. The Balaban J connectivity index is 1.89. The summed E-state index contributed by atoms with van der Waals surface area (Å²) in [5, 5.41) is 10.2. The number of rotatable bonds is 10. The zero-order valence-corrected chi connectivity index (χ0v) is 16.4. The van der Waals surface area contributed by atoms with E-state index in [9.17, 15) is 9.90 Å². The summed E-state index contributed by atoms with van der Waals surface area (Å²) in [5.41, 5.74) is 3.35. The lowest BCUT2D eigenvalue weighted by Crippen LogP contribution is -2.33. The van der Waals surface area contributed by atoms with Gasteiger partial charge in [0.25, 0.3) is 0 Å². The summed E-state index contributed by atoms with van der Waals surface area (Å²) in [4.78, 5) is 14.0. The number of benzene rings is 1. The number of likely N-dealkylation sites (tertiary alicyclic amines) is 1. The molecule has 0 aliphatic carbocycles. The van der Waals surface area contributed by atoms with E-state index < -0.39 is 6.10 Å². The second kappa shape index (κ2) is 10.7. The molecule has 1 heterocycles. The molecule has 5 nitrogen and oxygen atoms in total. The second-order valence-electron chi connectivity index (χ2n) is 7.14. The number of carbonyl (C=O) groups excluding carboxylic acids is 1. The molecule has 1 saturated heterocycles. The predicted octanol–water partition coefficient (Wildman–Crippen LogP) is 3.03. The maximum atomic E-state index is 11.7. The molecule has 0 radical (unpaired) electrons. The van der Waals surface area contributed by atoms with E-state index in [1.165, 1.54) is 12.8 Å². The Kier molecular flexibility index (Phi) is 8.55. The lowest BCUT2D eigenvalue weighted by molar-refractivity contribution is -0.143. The Labute approximate surface area is 157 Å². The maximum Gasteiger partial charge on any atom is 0.306 e. The molecule has 1 N–H and O–H groups in total. The number of aliphatic hydroxyl groups is 1. The Morgan fingerprint density at radius 3 is 2.73 bits per heavy atom. The molecule has 0 spiro atoms. The minimum Gasteiger partial charge on any atom is -0.466 e. The van der Waals surface area contributed by atoms with Gasteiger partial charge in [-0.2, -0.15) is 0 Å². The Bertz CT molecular complexity index is 569. The summed E-state index contributed by atoms with van der Waals surface area (Å²) < 4.78 is 11.0. The number of hydrogen-bond acceptors (Lipinski definition) is 5. The number of aliphatic hydroxyl groups excluding tert-OH is 1. The van der Waals surface area contributed by atoms with E-state index in [-0.39, 0.29) is 12.1 Å². The molecule has 2 unspecified atom stereocenters. The van der Waals surface area contributed by atoms with Crippen LogP contribution in [0.4, 0.5) is 0 Å². The third-order valence-corrected chi connectivity index (χ3v) is 4.85. The molecule has 0 aromatic heterocycles. The van der Waals surface area contributed by atoms with Crippen LogP contribution in [0.3, 0.4) is 0 Å². The van der Waals surface area contributed by atoms with Gasteiger partial charge in [0.15, 0.2) is 0 Å². The fraction of sp³-hybridized carbons (Fsp3) is 0.667. The quantitative estimate of drug-likeness (QED) is 0.648. The number of β-amino-alcohol motifs (C(OH)–C–C–N with tert-alkyl or cyclic N) is 1. The highest BCUT2D eigenvalue weighted by Gasteiger charge is 2.18. The van der Waals surface area contributed by atoms with Gasteiger partial charge in [0.1, 0.15) is 0 Å². The van der Waals surface area contributed by atoms with Crippen LogP contribution >= 0.6 is 0 Å².